The number of amidine groups is 1. The number of aliphatic imine (C=N–C) groups is 1. The Balaban J connectivity index is 2.02. The fourth-order valence-electron chi connectivity index (χ4n) is 2.92. The molecule has 2 heterocycles. The van der Waals surface area contributed by atoms with E-state index in [1.165, 1.54) is 5.01 Å². The van der Waals surface area contributed by atoms with Gasteiger partial charge in [-0.25, -0.2) is 10.8 Å². The van der Waals surface area contributed by atoms with E-state index in [1.807, 2.05) is 30.5 Å². The first-order chi connectivity index (χ1) is 12.5. The monoisotopic (exact) mass is 355 g/mol. The van der Waals surface area contributed by atoms with Crippen LogP contribution in [0.5, 0.6) is 0 Å². The van der Waals surface area contributed by atoms with E-state index in [2.05, 4.69) is 15.6 Å². The van der Waals surface area contributed by atoms with Crippen LogP contribution in [0.2, 0.25) is 0 Å². The first-order valence-corrected chi connectivity index (χ1v) is 8.30. The SMILES string of the molecule is NCc1cc(N(N)C2=C(C(N)C3=CNCC=C3)C(N)=NCN2)ccc1N. The van der Waals surface area contributed by atoms with E-state index < -0.39 is 6.04 Å². The maximum atomic E-state index is 6.46. The molecule has 0 saturated carbocycles. The molecule has 0 radical (unpaired) electrons. The Bertz CT molecular complexity index is 806. The van der Waals surface area contributed by atoms with Gasteiger partial charge >= 0.3 is 0 Å². The summed E-state index contributed by atoms with van der Waals surface area (Å²) in [5.74, 6) is 7.33. The maximum Gasteiger partial charge on any atom is 0.131 e. The fourth-order valence-corrected chi connectivity index (χ4v) is 2.92. The quantitative estimate of drug-likeness (QED) is 0.198. The van der Waals surface area contributed by atoms with Crippen molar-refractivity contribution in [1.29, 1.82) is 0 Å². The van der Waals surface area contributed by atoms with Gasteiger partial charge in [-0.3, -0.25) is 5.01 Å². The Hall–Kier alpha value is -3.01. The van der Waals surface area contributed by atoms with Gasteiger partial charge in [0.25, 0.3) is 0 Å². The number of nitrogens with zero attached hydrogens (tertiary/aromatic N) is 2. The van der Waals surface area contributed by atoms with Crippen molar-refractivity contribution in [2.24, 2.45) is 28.0 Å². The normalized spacial score (nSPS) is 17.8. The first kappa shape index (κ1) is 17.8. The lowest BCUT2D eigenvalue weighted by Crippen LogP contribution is -2.47. The lowest BCUT2D eigenvalue weighted by molar-refractivity contribution is 0.721. The van der Waals surface area contributed by atoms with Crippen molar-refractivity contribution in [3.8, 4) is 0 Å². The number of rotatable bonds is 5. The van der Waals surface area contributed by atoms with Gasteiger partial charge in [0.1, 0.15) is 18.3 Å². The van der Waals surface area contributed by atoms with Crippen molar-refractivity contribution in [1.82, 2.24) is 10.6 Å². The zero-order valence-electron chi connectivity index (χ0n) is 14.4. The van der Waals surface area contributed by atoms with Crippen LogP contribution in [0.1, 0.15) is 5.56 Å². The second-order valence-electron chi connectivity index (χ2n) is 6.03. The second kappa shape index (κ2) is 7.48. The van der Waals surface area contributed by atoms with Crippen LogP contribution in [0.3, 0.4) is 0 Å². The van der Waals surface area contributed by atoms with Gasteiger partial charge < -0.3 is 33.6 Å². The number of nitrogens with two attached hydrogens (primary N) is 5. The van der Waals surface area contributed by atoms with E-state index in [9.17, 15) is 0 Å². The van der Waals surface area contributed by atoms with Crippen molar-refractivity contribution in [3.05, 3.63) is 59.1 Å². The molecule has 0 spiro atoms. The molecule has 1 atom stereocenters. The van der Waals surface area contributed by atoms with Crippen LogP contribution in [-0.4, -0.2) is 25.1 Å². The highest BCUT2D eigenvalue weighted by Crippen LogP contribution is 2.25. The Labute approximate surface area is 152 Å². The third-order valence-corrected chi connectivity index (χ3v) is 4.38. The molecule has 2 aliphatic heterocycles. The maximum absolute atomic E-state index is 6.46. The zero-order valence-corrected chi connectivity index (χ0v) is 14.4. The molecule has 0 aliphatic carbocycles. The van der Waals surface area contributed by atoms with Crippen molar-refractivity contribution in [2.45, 2.75) is 12.6 Å². The summed E-state index contributed by atoms with van der Waals surface area (Å²) in [7, 11) is 0. The fraction of sp³-hybridized carbons (Fsp3) is 0.235. The number of nitrogen functional groups attached to an aromatic ring is 1. The lowest BCUT2D eigenvalue weighted by Gasteiger charge is -2.31. The number of hydrazine groups is 1. The molecule has 1 aromatic carbocycles. The third kappa shape index (κ3) is 3.36. The topological polar surface area (TPSA) is 170 Å². The van der Waals surface area contributed by atoms with Gasteiger partial charge in [0.2, 0.25) is 0 Å². The van der Waals surface area contributed by atoms with E-state index in [0.29, 0.717) is 41.8 Å². The van der Waals surface area contributed by atoms with Gasteiger partial charge in [0, 0.05) is 25.0 Å². The van der Waals surface area contributed by atoms with Gasteiger partial charge in [0.05, 0.1) is 17.3 Å². The predicted molar refractivity (Wildman–Crippen MR) is 105 cm³/mol. The minimum absolute atomic E-state index is 0.316. The summed E-state index contributed by atoms with van der Waals surface area (Å²) in [6.07, 6.45) is 5.82. The predicted octanol–water partition coefficient (Wildman–Crippen LogP) is -1.09. The first-order valence-electron chi connectivity index (χ1n) is 8.30. The van der Waals surface area contributed by atoms with E-state index in [1.54, 1.807) is 6.07 Å². The van der Waals surface area contributed by atoms with Gasteiger partial charge in [-0.1, -0.05) is 12.2 Å². The summed E-state index contributed by atoms with van der Waals surface area (Å²) >= 11 is 0. The summed E-state index contributed by atoms with van der Waals surface area (Å²) in [5, 5.41) is 7.81. The van der Waals surface area contributed by atoms with Crippen LogP contribution in [0.4, 0.5) is 11.4 Å². The van der Waals surface area contributed by atoms with Gasteiger partial charge in [0.15, 0.2) is 0 Å². The zero-order chi connectivity index (χ0) is 18.7. The number of hydrogen-bond acceptors (Lipinski definition) is 9. The Morgan fingerprint density at radius 1 is 1.27 bits per heavy atom. The summed E-state index contributed by atoms with van der Waals surface area (Å²) in [6.45, 7) is 1.40. The molecule has 9 heteroatoms. The van der Waals surface area contributed by atoms with Crippen LogP contribution < -0.4 is 44.4 Å². The van der Waals surface area contributed by atoms with Crippen LogP contribution >= 0.6 is 0 Å². The van der Waals surface area contributed by atoms with Gasteiger partial charge in [-0.15, -0.1) is 0 Å². The van der Waals surface area contributed by atoms with E-state index in [0.717, 1.165) is 17.7 Å². The molecule has 1 unspecified atom stereocenters. The van der Waals surface area contributed by atoms with Gasteiger partial charge in [-0.05, 0) is 29.3 Å². The van der Waals surface area contributed by atoms with Crippen LogP contribution in [-0.2, 0) is 6.54 Å². The molecule has 0 amide bonds. The molecule has 0 bridgehead atoms. The highest BCUT2D eigenvalue weighted by molar-refractivity contribution is 6.00. The Morgan fingerprint density at radius 2 is 2.08 bits per heavy atom. The summed E-state index contributed by atoms with van der Waals surface area (Å²) in [4.78, 5) is 4.25. The van der Waals surface area contributed by atoms with E-state index in [-0.39, 0.29) is 0 Å². The number of nitrogens with one attached hydrogen (secondary N) is 2. The van der Waals surface area contributed by atoms with Crippen LogP contribution in [0.15, 0.2) is 58.5 Å². The number of benzene rings is 1. The molecule has 1 aromatic rings. The average molecular weight is 355 g/mol. The summed E-state index contributed by atoms with van der Waals surface area (Å²) in [6, 6.07) is 4.94. The van der Waals surface area contributed by atoms with Crippen molar-refractivity contribution >= 4 is 17.2 Å². The minimum Gasteiger partial charge on any atom is -0.398 e. The standard InChI is InChI=1S/C17H25N9/c18-7-11-6-12(3-4-13(11)19)26(22)17-14(16(21)24-9-25-17)15(20)10-2-1-5-23-8-10/h1-4,6,8,15,23,25H,5,7,9,18-20,22H2,(H2,21,24). The molecule has 26 heavy (non-hydrogen) atoms. The average Bonchev–Trinajstić information content (AvgIpc) is 2.67. The third-order valence-electron chi connectivity index (χ3n) is 4.38. The molecule has 0 saturated heterocycles. The highest BCUT2D eigenvalue weighted by atomic mass is 15.5. The summed E-state index contributed by atoms with van der Waals surface area (Å²) < 4.78 is 0. The number of hydrogen-bond donors (Lipinski definition) is 7. The summed E-state index contributed by atoms with van der Waals surface area (Å²) in [5.41, 5.74) is 27.9. The minimum atomic E-state index is -0.487. The molecule has 2 aliphatic rings. The second-order valence-corrected chi connectivity index (χ2v) is 6.03. The highest BCUT2D eigenvalue weighted by Gasteiger charge is 2.27. The van der Waals surface area contributed by atoms with Crippen LogP contribution in [0.25, 0.3) is 0 Å². The Morgan fingerprint density at radius 3 is 2.77 bits per heavy atom. The molecule has 0 aromatic heterocycles. The number of dihydropyridines is 1. The molecule has 9 nitrogen and oxygen atoms in total. The van der Waals surface area contributed by atoms with Crippen molar-refractivity contribution in [2.75, 3.05) is 24.0 Å². The molecule has 138 valence electrons. The Kier molecular flexibility index (Phi) is 5.12. The van der Waals surface area contributed by atoms with Crippen molar-refractivity contribution < 1.29 is 0 Å². The molecular weight excluding hydrogens is 330 g/mol. The van der Waals surface area contributed by atoms with Crippen LogP contribution in [0, 0.1) is 0 Å². The molecular formula is C17H25N9. The van der Waals surface area contributed by atoms with E-state index in [4.69, 9.17) is 28.8 Å². The smallest absolute Gasteiger partial charge is 0.131 e. The largest absolute Gasteiger partial charge is 0.398 e. The van der Waals surface area contributed by atoms with Crippen molar-refractivity contribution in [3.63, 3.8) is 0 Å². The van der Waals surface area contributed by atoms with Gasteiger partial charge in [-0.2, -0.15) is 0 Å². The molecule has 0 fully saturated rings. The lowest BCUT2D eigenvalue weighted by atomic mass is 9.96. The molecule has 12 N–H and O–H groups in total. The number of anilines is 2. The molecule has 3 rings (SSSR count). The van der Waals surface area contributed by atoms with E-state index >= 15 is 0 Å².